The molecule has 1 amide bonds. The van der Waals surface area contributed by atoms with E-state index >= 15 is 0 Å². The number of piperidine rings is 1. The normalized spacial score (nSPS) is 16.0. The highest BCUT2D eigenvalue weighted by Gasteiger charge is 2.28. The number of nitrogens with zero attached hydrogens (tertiary/aromatic N) is 4. The van der Waals surface area contributed by atoms with Crippen LogP contribution in [0.1, 0.15) is 41.9 Å². The molecular weight excluding hydrogens is 282 g/mol. The van der Waals surface area contributed by atoms with Crippen molar-refractivity contribution in [2.75, 3.05) is 13.1 Å². The molecule has 1 fully saturated rings. The Labute approximate surface area is 128 Å². The molecule has 0 spiro atoms. The number of amides is 1. The van der Waals surface area contributed by atoms with Crippen LogP contribution in [0.5, 0.6) is 0 Å². The van der Waals surface area contributed by atoms with E-state index in [0.29, 0.717) is 19.0 Å². The third-order valence-corrected chi connectivity index (χ3v) is 4.18. The van der Waals surface area contributed by atoms with Gasteiger partial charge in [0.15, 0.2) is 0 Å². The largest absolute Gasteiger partial charge is 0.338 e. The molecule has 0 saturated carbocycles. The monoisotopic (exact) mass is 301 g/mol. The molecule has 1 aliphatic rings. The minimum Gasteiger partial charge on any atom is -0.338 e. The molecule has 7 heteroatoms. The van der Waals surface area contributed by atoms with Crippen LogP contribution in [0.2, 0.25) is 0 Å². The maximum absolute atomic E-state index is 12.4. The zero-order chi connectivity index (χ0) is 15.5. The summed E-state index contributed by atoms with van der Waals surface area (Å²) in [4.78, 5) is 28.4. The summed E-state index contributed by atoms with van der Waals surface area (Å²) in [6.45, 7) is 4.18. The van der Waals surface area contributed by atoms with E-state index in [1.807, 2.05) is 4.57 Å². The number of aryl methyl sites for hydroxylation is 1. The SMILES string of the molecule is CCn1cnnc1C1CCN(C(=O)c2ccc[nH]c2=O)CC1. The molecule has 1 saturated heterocycles. The number of H-pyrrole nitrogens is 1. The van der Waals surface area contributed by atoms with Crippen LogP contribution in [0.4, 0.5) is 0 Å². The molecule has 2 aromatic rings. The van der Waals surface area contributed by atoms with Crippen LogP contribution in [-0.4, -0.2) is 43.6 Å². The van der Waals surface area contributed by atoms with Gasteiger partial charge in [-0.25, -0.2) is 0 Å². The molecular formula is C15H19N5O2. The minimum absolute atomic E-state index is 0.197. The first-order chi connectivity index (χ1) is 10.7. The number of aromatic nitrogens is 4. The Morgan fingerprint density at radius 3 is 2.86 bits per heavy atom. The molecule has 1 aliphatic heterocycles. The number of hydrogen-bond donors (Lipinski definition) is 1. The second-order valence-electron chi connectivity index (χ2n) is 5.45. The summed E-state index contributed by atoms with van der Waals surface area (Å²) in [5.74, 6) is 1.12. The van der Waals surface area contributed by atoms with Gasteiger partial charge in [-0.3, -0.25) is 9.59 Å². The molecule has 0 radical (unpaired) electrons. The third-order valence-electron chi connectivity index (χ3n) is 4.18. The number of likely N-dealkylation sites (tertiary alicyclic amines) is 1. The average Bonchev–Trinajstić information content (AvgIpc) is 3.03. The van der Waals surface area contributed by atoms with Crippen LogP contribution in [0.15, 0.2) is 29.5 Å². The summed E-state index contributed by atoms with van der Waals surface area (Å²) in [5, 5.41) is 8.18. The highest BCUT2D eigenvalue weighted by Crippen LogP contribution is 2.26. The van der Waals surface area contributed by atoms with E-state index in [4.69, 9.17) is 0 Å². The zero-order valence-corrected chi connectivity index (χ0v) is 12.5. The van der Waals surface area contributed by atoms with Crippen molar-refractivity contribution in [1.82, 2.24) is 24.6 Å². The van der Waals surface area contributed by atoms with Gasteiger partial charge in [0.05, 0.1) is 0 Å². The summed E-state index contributed by atoms with van der Waals surface area (Å²) in [6, 6.07) is 3.24. The van der Waals surface area contributed by atoms with Crippen molar-refractivity contribution >= 4 is 5.91 Å². The van der Waals surface area contributed by atoms with Gasteiger partial charge >= 0.3 is 0 Å². The molecule has 2 aromatic heterocycles. The molecule has 1 N–H and O–H groups in total. The van der Waals surface area contributed by atoms with Gasteiger partial charge in [-0.1, -0.05) is 0 Å². The summed E-state index contributed by atoms with van der Waals surface area (Å²) in [7, 11) is 0. The Morgan fingerprint density at radius 2 is 2.18 bits per heavy atom. The summed E-state index contributed by atoms with van der Waals surface area (Å²) < 4.78 is 2.05. The molecule has 22 heavy (non-hydrogen) atoms. The summed E-state index contributed by atoms with van der Waals surface area (Å²) >= 11 is 0. The number of carbonyl (C=O) groups excluding carboxylic acids is 1. The van der Waals surface area contributed by atoms with Gasteiger partial charge in [-0.15, -0.1) is 10.2 Å². The topological polar surface area (TPSA) is 83.9 Å². The first kappa shape index (κ1) is 14.5. The maximum Gasteiger partial charge on any atom is 0.260 e. The lowest BCUT2D eigenvalue weighted by atomic mass is 9.95. The minimum atomic E-state index is -0.333. The van der Waals surface area contributed by atoms with Gasteiger partial charge in [0, 0.05) is 31.7 Å². The van der Waals surface area contributed by atoms with Crippen LogP contribution in [0.25, 0.3) is 0 Å². The molecule has 0 atom stereocenters. The van der Waals surface area contributed by atoms with Crippen LogP contribution >= 0.6 is 0 Å². The number of aromatic amines is 1. The lowest BCUT2D eigenvalue weighted by molar-refractivity contribution is 0.0708. The molecule has 3 heterocycles. The fourth-order valence-corrected chi connectivity index (χ4v) is 2.92. The Bertz CT molecular complexity index is 712. The second kappa shape index (κ2) is 6.13. The van der Waals surface area contributed by atoms with E-state index in [1.165, 1.54) is 6.20 Å². The highest BCUT2D eigenvalue weighted by molar-refractivity contribution is 5.93. The maximum atomic E-state index is 12.4. The highest BCUT2D eigenvalue weighted by atomic mass is 16.2. The standard InChI is InChI=1S/C15H19N5O2/c1-2-19-10-17-18-13(19)11-5-8-20(9-6-11)15(22)12-4-3-7-16-14(12)21/h3-4,7,10-11H,2,5-6,8-9H2,1H3,(H,16,21). The van der Waals surface area contributed by atoms with Crippen molar-refractivity contribution in [3.05, 3.63) is 46.4 Å². The third kappa shape index (κ3) is 2.66. The number of hydrogen-bond acceptors (Lipinski definition) is 4. The Morgan fingerprint density at radius 1 is 1.41 bits per heavy atom. The first-order valence-electron chi connectivity index (χ1n) is 7.55. The van der Waals surface area contributed by atoms with Crippen LogP contribution < -0.4 is 5.56 Å². The number of carbonyl (C=O) groups is 1. The summed E-state index contributed by atoms with van der Waals surface area (Å²) in [6.07, 6.45) is 4.96. The van der Waals surface area contributed by atoms with Crippen molar-refractivity contribution in [3.8, 4) is 0 Å². The molecule has 0 bridgehead atoms. The van der Waals surface area contributed by atoms with Crippen molar-refractivity contribution in [2.24, 2.45) is 0 Å². The predicted molar refractivity (Wildman–Crippen MR) is 80.6 cm³/mol. The molecule has 3 rings (SSSR count). The van der Waals surface area contributed by atoms with Crippen molar-refractivity contribution < 1.29 is 4.79 Å². The van der Waals surface area contributed by atoms with Crippen molar-refractivity contribution in [3.63, 3.8) is 0 Å². The van der Waals surface area contributed by atoms with Gasteiger partial charge < -0.3 is 14.5 Å². The Kier molecular flexibility index (Phi) is 4.04. The molecule has 0 unspecified atom stereocenters. The second-order valence-corrected chi connectivity index (χ2v) is 5.45. The average molecular weight is 301 g/mol. The summed E-state index contributed by atoms with van der Waals surface area (Å²) in [5.41, 5.74) is -0.127. The Balaban J connectivity index is 1.68. The quantitative estimate of drug-likeness (QED) is 0.917. The van der Waals surface area contributed by atoms with E-state index in [1.54, 1.807) is 23.4 Å². The number of nitrogens with one attached hydrogen (secondary N) is 1. The van der Waals surface area contributed by atoms with Gasteiger partial charge in [0.1, 0.15) is 17.7 Å². The number of pyridine rings is 1. The van der Waals surface area contributed by atoms with E-state index in [9.17, 15) is 9.59 Å². The van der Waals surface area contributed by atoms with E-state index in [0.717, 1.165) is 25.2 Å². The number of rotatable bonds is 3. The van der Waals surface area contributed by atoms with Gasteiger partial charge in [0.2, 0.25) is 0 Å². The van der Waals surface area contributed by atoms with E-state index in [-0.39, 0.29) is 17.0 Å². The van der Waals surface area contributed by atoms with Gasteiger partial charge in [-0.05, 0) is 31.9 Å². The smallest absolute Gasteiger partial charge is 0.260 e. The van der Waals surface area contributed by atoms with Crippen LogP contribution in [-0.2, 0) is 6.54 Å². The van der Waals surface area contributed by atoms with Gasteiger partial charge in [0.25, 0.3) is 11.5 Å². The molecule has 0 aromatic carbocycles. The van der Waals surface area contributed by atoms with Crippen molar-refractivity contribution in [2.45, 2.75) is 32.2 Å². The van der Waals surface area contributed by atoms with Crippen LogP contribution in [0.3, 0.4) is 0 Å². The van der Waals surface area contributed by atoms with Gasteiger partial charge in [-0.2, -0.15) is 0 Å². The predicted octanol–water partition coefficient (Wildman–Crippen LogP) is 1.01. The Hall–Kier alpha value is -2.44. The first-order valence-corrected chi connectivity index (χ1v) is 7.55. The lowest BCUT2D eigenvalue weighted by Gasteiger charge is -2.31. The molecule has 0 aliphatic carbocycles. The molecule has 7 nitrogen and oxygen atoms in total. The van der Waals surface area contributed by atoms with Crippen molar-refractivity contribution in [1.29, 1.82) is 0 Å². The van der Waals surface area contributed by atoms with Crippen LogP contribution in [0, 0.1) is 0 Å². The zero-order valence-electron chi connectivity index (χ0n) is 12.5. The molecule has 116 valence electrons. The lowest BCUT2D eigenvalue weighted by Crippen LogP contribution is -2.40. The fraction of sp³-hybridized carbons (Fsp3) is 0.467. The fourth-order valence-electron chi connectivity index (χ4n) is 2.92. The van der Waals surface area contributed by atoms with E-state index in [2.05, 4.69) is 22.1 Å². The van der Waals surface area contributed by atoms with E-state index < -0.39 is 0 Å².